The van der Waals surface area contributed by atoms with Gasteiger partial charge in [-0.05, 0) is 72.1 Å². The van der Waals surface area contributed by atoms with Crippen molar-refractivity contribution < 1.29 is 45.9 Å². The van der Waals surface area contributed by atoms with Gasteiger partial charge in [0.2, 0.25) is 0 Å². The number of ether oxygens (including phenoxy) is 6. The average Bonchev–Trinajstić information content (AvgIpc) is 3.74. The molecule has 17 heteroatoms. The van der Waals surface area contributed by atoms with Crippen LogP contribution in [0.1, 0.15) is 40.5 Å². The molecule has 1 aliphatic heterocycles. The lowest BCUT2D eigenvalue weighted by Gasteiger charge is -2.37. The number of methoxy groups -OCH3 is 4. The third-order valence-corrected chi connectivity index (χ3v) is 12.6. The summed E-state index contributed by atoms with van der Waals surface area (Å²) in [5.41, 5.74) is 0.288. The van der Waals surface area contributed by atoms with Crippen molar-refractivity contribution in [2.45, 2.75) is 42.7 Å². The number of benzene rings is 5. The van der Waals surface area contributed by atoms with Crippen LogP contribution in [0.15, 0.2) is 142 Å². The molecule has 0 radical (unpaired) electrons. The van der Waals surface area contributed by atoms with Crippen molar-refractivity contribution in [3.8, 4) is 23.0 Å². The van der Waals surface area contributed by atoms with Gasteiger partial charge in [-0.1, -0.05) is 54.6 Å². The summed E-state index contributed by atoms with van der Waals surface area (Å²) in [6.45, 7) is 0.898. The molecule has 0 bridgehead atoms. The second-order valence-electron chi connectivity index (χ2n) is 15.0. The highest BCUT2D eigenvalue weighted by atomic mass is 32.2. The third kappa shape index (κ3) is 9.28. The predicted octanol–water partition coefficient (Wildman–Crippen LogP) is 6.63. The molecule has 1 saturated heterocycles. The number of nitro groups is 1. The normalized spacial score (nSPS) is 16.3. The van der Waals surface area contributed by atoms with Gasteiger partial charge in [-0.3, -0.25) is 28.2 Å². The van der Waals surface area contributed by atoms with Gasteiger partial charge >= 0.3 is 5.69 Å². The maximum atomic E-state index is 14.4. The third-order valence-electron chi connectivity index (χ3n) is 11.3. The van der Waals surface area contributed by atoms with Crippen LogP contribution < -0.4 is 30.2 Å². The molecule has 1 fully saturated rings. The first-order chi connectivity index (χ1) is 30.8. The van der Waals surface area contributed by atoms with E-state index in [1.807, 2.05) is 78.9 Å². The minimum atomic E-state index is -4.43. The second-order valence-corrected chi connectivity index (χ2v) is 16.6. The molecule has 2 heterocycles. The highest BCUT2D eigenvalue weighted by Crippen LogP contribution is 2.43. The van der Waals surface area contributed by atoms with Crippen LogP contribution in [0.3, 0.4) is 0 Å². The number of nitro benzene ring substituents is 1. The Kier molecular flexibility index (Phi) is 13.6. The van der Waals surface area contributed by atoms with Crippen molar-refractivity contribution in [3.63, 3.8) is 0 Å². The van der Waals surface area contributed by atoms with Crippen molar-refractivity contribution in [1.29, 1.82) is 0 Å². The van der Waals surface area contributed by atoms with E-state index in [4.69, 9.17) is 32.6 Å². The van der Waals surface area contributed by atoms with Crippen LogP contribution in [0.4, 0.5) is 5.69 Å². The summed E-state index contributed by atoms with van der Waals surface area (Å²) >= 11 is 0. The van der Waals surface area contributed by atoms with E-state index in [0.29, 0.717) is 28.6 Å². The van der Waals surface area contributed by atoms with Crippen LogP contribution in [0.25, 0.3) is 0 Å². The molecular formula is C47H47N3O13S. The standard InChI is InChI=1S/C47H47N3O13S/c1-31-27-48(46(52)49(45(31)51)28-32-11-18-40(59-4)26-42(32)60-5)44-25-33(29-62-64(55,56)41-23-16-37(17-24-41)50(53)54)43(63-44)30-61-47(34-9-7-6-8-10-34,35-12-19-38(57-2)20-13-35)36-14-21-39(58-3)22-15-36/h6-24,26-27,33,43-44H,25,28-30H2,1-5H3. The molecule has 5 aromatic carbocycles. The van der Waals surface area contributed by atoms with Crippen molar-refractivity contribution in [1.82, 2.24) is 9.13 Å². The van der Waals surface area contributed by atoms with Gasteiger partial charge in [0, 0.05) is 47.9 Å². The molecule has 0 amide bonds. The van der Waals surface area contributed by atoms with Crippen molar-refractivity contribution >= 4 is 15.8 Å². The largest absolute Gasteiger partial charge is 0.497 e. The Morgan fingerprint density at radius 2 is 1.33 bits per heavy atom. The molecule has 64 heavy (non-hydrogen) atoms. The zero-order valence-corrected chi connectivity index (χ0v) is 36.6. The van der Waals surface area contributed by atoms with Crippen LogP contribution in [-0.2, 0) is 35.9 Å². The summed E-state index contributed by atoms with van der Waals surface area (Å²) in [6, 6.07) is 33.9. The molecule has 7 rings (SSSR count). The van der Waals surface area contributed by atoms with E-state index in [0.717, 1.165) is 45.5 Å². The van der Waals surface area contributed by atoms with Crippen molar-refractivity contribution in [3.05, 3.63) is 186 Å². The van der Waals surface area contributed by atoms with Crippen LogP contribution >= 0.6 is 0 Å². The molecule has 16 nitrogen and oxygen atoms in total. The van der Waals surface area contributed by atoms with E-state index < -0.39 is 56.7 Å². The zero-order valence-electron chi connectivity index (χ0n) is 35.7. The van der Waals surface area contributed by atoms with Crippen molar-refractivity contribution in [2.75, 3.05) is 41.7 Å². The predicted molar refractivity (Wildman–Crippen MR) is 235 cm³/mol. The molecule has 0 aliphatic carbocycles. The maximum absolute atomic E-state index is 14.4. The molecule has 1 aromatic heterocycles. The summed E-state index contributed by atoms with van der Waals surface area (Å²) in [6.07, 6.45) is -0.412. The van der Waals surface area contributed by atoms with E-state index in [9.17, 15) is 28.1 Å². The monoisotopic (exact) mass is 893 g/mol. The fraction of sp³-hybridized carbons (Fsp3) is 0.277. The summed E-state index contributed by atoms with van der Waals surface area (Å²) in [4.78, 5) is 38.3. The van der Waals surface area contributed by atoms with Gasteiger partial charge in [-0.25, -0.2) is 4.79 Å². The van der Waals surface area contributed by atoms with E-state index in [2.05, 4.69) is 0 Å². The fourth-order valence-corrected chi connectivity index (χ4v) is 8.79. The molecule has 0 N–H and O–H groups in total. The van der Waals surface area contributed by atoms with E-state index in [1.54, 1.807) is 39.3 Å². The minimum absolute atomic E-state index is 0.0661. The summed E-state index contributed by atoms with van der Waals surface area (Å²) in [5.74, 6) is 1.48. The van der Waals surface area contributed by atoms with Gasteiger partial charge in [0.05, 0.1) is 64.1 Å². The smallest absolute Gasteiger partial charge is 0.333 e. The first-order valence-corrected chi connectivity index (χ1v) is 21.5. The lowest BCUT2D eigenvalue weighted by molar-refractivity contribution is -0.384. The molecule has 6 aromatic rings. The first-order valence-electron chi connectivity index (χ1n) is 20.1. The molecule has 0 saturated carbocycles. The van der Waals surface area contributed by atoms with Gasteiger partial charge in [-0.2, -0.15) is 8.42 Å². The van der Waals surface area contributed by atoms with Crippen molar-refractivity contribution in [2.24, 2.45) is 5.92 Å². The Hall–Kier alpha value is -6.79. The molecule has 3 unspecified atom stereocenters. The van der Waals surface area contributed by atoms with Crippen LogP contribution in [0.2, 0.25) is 0 Å². The number of rotatable bonds is 18. The highest BCUT2D eigenvalue weighted by molar-refractivity contribution is 7.86. The van der Waals surface area contributed by atoms with Gasteiger partial charge < -0.3 is 28.4 Å². The van der Waals surface area contributed by atoms with Crippen LogP contribution in [0, 0.1) is 23.0 Å². The van der Waals surface area contributed by atoms with E-state index in [1.165, 1.54) is 25.0 Å². The fourth-order valence-electron chi connectivity index (χ4n) is 7.83. The lowest BCUT2D eigenvalue weighted by Crippen LogP contribution is -2.42. The van der Waals surface area contributed by atoms with Gasteiger partial charge in [-0.15, -0.1) is 0 Å². The summed E-state index contributed by atoms with van der Waals surface area (Å²) in [7, 11) is 1.71. The second kappa shape index (κ2) is 19.3. The van der Waals surface area contributed by atoms with Crippen LogP contribution in [0.5, 0.6) is 23.0 Å². The SMILES string of the molecule is COc1ccc(C(OCC2OC(n3cc(C)c(=O)n(Cc4ccc(OC)cc4OC)c3=O)CC2COS(=O)(=O)c2ccc([N+](=O)[O-])cc2)(c2ccccc2)c2ccc(OC)cc2)cc1. The molecule has 1 aliphatic rings. The first kappa shape index (κ1) is 45.2. The lowest BCUT2D eigenvalue weighted by atomic mass is 9.80. The Balaban J connectivity index is 1.29. The number of aromatic nitrogens is 2. The number of hydrogen-bond donors (Lipinski definition) is 0. The summed E-state index contributed by atoms with van der Waals surface area (Å²) in [5, 5.41) is 11.3. The Morgan fingerprint density at radius 1 is 0.750 bits per heavy atom. The number of aryl methyl sites for hydroxylation is 1. The molecule has 334 valence electrons. The van der Waals surface area contributed by atoms with E-state index in [-0.39, 0.29) is 35.7 Å². The minimum Gasteiger partial charge on any atom is -0.497 e. The number of nitrogens with zero attached hydrogens (tertiary/aromatic N) is 3. The maximum Gasteiger partial charge on any atom is 0.333 e. The Morgan fingerprint density at radius 3 is 1.89 bits per heavy atom. The summed E-state index contributed by atoms with van der Waals surface area (Å²) < 4.78 is 70.9. The average molecular weight is 894 g/mol. The highest BCUT2D eigenvalue weighted by Gasteiger charge is 2.43. The van der Waals surface area contributed by atoms with Gasteiger partial charge in [0.25, 0.3) is 21.4 Å². The van der Waals surface area contributed by atoms with Gasteiger partial charge in [0.15, 0.2) is 0 Å². The topological polar surface area (TPSA) is 186 Å². The van der Waals surface area contributed by atoms with E-state index >= 15 is 0 Å². The Labute approximate surface area is 369 Å². The number of non-ortho nitro benzene ring substituents is 1. The zero-order chi connectivity index (χ0) is 45.6. The molecule has 3 atom stereocenters. The molecular weight excluding hydrogens is 847 g/mol. The number of hydrogen-bond acceptors (Lipinski definition) is 13. The Bertz CT molecular complexity index is 2760. The van der Waals surface area contributed by atoms with Gasteiger partial charge in [0.1, 0.15) is 34.8 Å². The quantitative estimate of drug-likeness (QED) is 0.0388. The van der Waals surface area contributed by atoms with Crippen LogP contribution in [-0.4, -0.2) is 70.2 Å². The molecule has 0 spiro atoms.